The molecule has 1 amide bonds. The Hall–Kier alpha value is -1.88. The van der Waals surface area contributed by atoms with Crippen LogP contribution in [0.25, 0.3) is 0 Å². The molecule has 5 heteroatoms. The molecule has 0 radical (unpaired) electrons. The molecule has 1 aliphatic heterocycles. The van der Waals surface area contributed by atoms with E-state index >= 15 is 0 Å². The van der Waals surface area contributed by atoms with E-state index in [2.05, 4.69) is 10.6 Å². The minimum absolute atomic E-state index is 0.165. The van der Waals surface area contributed by atoms with E-state index in [1.807, 2.05) is 25.1 Å². The molecule has 2 rings (SSSR count). The fourth-order valence-corrected chi connectivity index (χ4v) is 2.58. The van der Waals surface area contributed by atoms with E-state index in [9.17, 15) is 9.59 Å². The van der Waals surface area contributed by atoms with Gasteiger partial charge < -0.3 is 15.4 Å². The minimum Gasteiger partial charge on any atom is -0.467 e. The first-order valence-electron chi connectivity index (χ1n) is 7.25. The van der Waals surface area contributed by atoms with Crippen molar-refractivity contribution >= 4 is 11.9 Å². The molecule has 0 saturated carbocycles. The van der Waals surface area contributed by atoms with E-state index in [0.717, 1.165) is 31.4 Å². The van der Waals surface area contributed by atoms with E-state index < -0.39 is 17.6 Å². The van der Waals surface area contributed by atoms with Crippen LogP contribution in [-0.4, -0.2) is 31.1 Å². The minimum atomic E-state index is -0.774. The van der Waals surface area contributed by atoms with Crippen molar-refractivity contribution in [3.05, 3.63) is 35.9 Å². The Morgan fingerprint density at radius 1 is 1.29 bits per heavy atom. The first kappa shape index (κ1) is 15.5. The maximum absolute atomic E-state index is 12.5. The van der Waals surface area contributed by atoms with Crippen molar-refractivity contribution in [2.45, 2.75) is 37.8 Å². The van der Waals surface area contributed by atoms with Gasteiger partial charge in [0.1, 0.15) is 0 Å². The van der Waals surface area contributed by atoms with Gasteiger partial charge in [-0.15, -0.1) is 0 Å². The van der Waals surface area contributed by atoms with Gasteiger partial charge in [0.05, 0.1) is 12.6 Å². The molecule has 114 valence electrons. The van der Waals surface area contributed by atoms with Crippen LogP contribution in [0.3, 0.4) is 0 Å². The van der Waals surface area contributed by atoms with Crippen LogP contribution in [0, 0.1) is 0 Å². The first-order chi connectivity index (χ1) is 10.1. The van der Waals surface area contributed by atoms with Crippen molar-refractivity contribution in [3.63, 3.8) is 0 Å². The number of carbonyl (C=O) groups excluding carboxylic acids is 2. The maximum Gasteiger partial charge on any atom is 0.333 e. The highest BCUT2D eigenvalue weighted by atomic mass is 16.5. The average Bonchev–Trinajstić information content (AvgIpc) is 2.53. The number of carbonyl (C=O) groups is 2. The predicted octanol–water partition coefficient (Wildman–Crippen LogP) is 1.55. The van der Waals surface area contributed by atoms with Crippen molar-refractivity contribution in [2.24, 2.45) is 0 Å². The van der Waals surface area contributed by atoms with Crippen LogP contribution in [0.2, 0.25) is 0 Å². The van der Waals surface area contributed by atoms with Crippen molar-refractivity contribution < 1.29 is 14.3 Å². The molecule has 5 nitrogen and oxygen atoms in total. The van der Waals surface area contributed by atoms with Crippen LogP contribution >= 0.6 is 0 Å². The number of piperidine rings is 1. The highest BCUT2D eigenvalue weighted by molar-refractivity contribution is 5.90. The number of nitrogens with one attached hydrogen (secondary N) is 2. The summed E-state index contributed by atoms with van der Waals surface area (Å²) in [6, 6.07) is 8.36. The van der Waals surface area contributed by atoms with Gasteiger partial charge in [-0.05, 0) is 38.3 Å². The molecule has 1 saturated heterocycles. The number of ether oxygens (including phenoxy) is 1. The number of hydrogen-bond acceptors (Lipinski definition) is 4. The zero-order valence-corrected chi connectivity index (χ0v) is 12.5. The molecule has 1 heterocycles. The van der Waals surface area contributed by atoms with E-state index in [-0.39, 0.29) is 5.91 Å². The molecule has 21 heavy (non-hydrogen) atoms. The number of hydrogen-bond donors (Lipinski definition) is 2. The number of rotatable bonds is 4. The lowest BCUT2D eigenvalue weighted by molar-refractivity contribution is -0.146. The molecule has 0 bridgehead atoms. The molecule has 2 N–H and O–H groups in total. The summed E-state index contributed by atoms with van der Waals surface area (Å²) in [5.74, 6) is -0.629. The fourth-order valence-electron chi connectivity index (χ4n) is 2.58. The zero-order chi connectivity index (χ0) is 15.3. The van der Waals surface area contributed by atoms with Gasteiger partial charge in [0, 0.05) is 0 Å². The molecule has 0 aromatic heterocycles. The summed E-state index contributed by atoms with van der Waals surface area (Å²) in [6.45, 7) is 2.69. The molecular formula is C16H22N2O3. The fraction of sp³-hybridized carbons (Fsp3) is 0.500. The molecule has 0 spiro atoms. The van der Waals surface area contributed by atoms with Gasteiger partial charge >= 0.3 is 5.97 Å². The largest absolute Gasteiger partial charge is 0.467 e. The third-order valence-corrected chi connectivity index (χ3v) is 3.97. The summed E-state index contributed by atoms with van der Waals surface area (Å²) in [5.41, 5.74) is 0.0939. The third kappa shape index (κ3) is 3.61. The molecule has 1 aromatic rings. The topological polar surface area (TPSA) is 67.4 Å². The molecule has 1 aliphatic rings. The second-order valence-corrected chi connectivity index (χ2v) is 5.56. The van der Waals surface area contributed by atoms with Crippen molar-refractivity contribution in [1.82, 2.24) is 10.6 Å². The monoisotopic (exact) mass is 290 g/mol. The van der Waals surface area contributed by atoms with Crippen molar-refractivity contribution in [1.29, 1.82) is 0 Å². The normalized spacial score (nSPS) is 23.1. The first-order valence-corrected chi connectivity index (χ1v) is 7.25. The van der Waals surface area contributed by atoms with E-state index in [4.69, 9.17) is 4.74 Å². The Morgan fingerprint density at radius 3 is 2.57 bits per heavy atom. The quantitative estimate of drug-likeness (QED) is 0.826. The molecule has 0 aliphatic carbocycles. The zero-order valence-electron chi connectivity index (χ0n) is 12.5. The van der Waals surface area contributed by atoms with Gasteiger partial charge in [-0.25, -0.2) is 4.79 Å². The standard InChI is InChI=1S/C16H22N2O3/c1-16(10-6-7-11-17-16)15(20)18-13(14(19)21-2)12-8-4-3-5-9-12/h3-5,8-9,13,17H,6-7,10-11H2,1-2H3,(H,18,20). The van der Waals surface area contributed by atoms with Gasteiger partial charge in [0.25, 0.3) is 0 Å². The summed E-state index contributed by atoms with van der Waals surface area (Å²) < 4.78 is 4.81. The second-order valence-electron chi connectivity index (χ2n) is 5.56. The lowest BCUT2D eigenvalue weighted by Crippen LogP contribution is -2.58. The Morgan fingerprint density at radius 2 is 2.00 bits per heavy atom. The third-order valence-electron chi connectivity index (χ3n) is 3.97. The summed E-state index contributed by atoms with van der Waals surface area (Å²) in [4.78, 5) is 24.5. The summed E-state index contributed by atoms with van der Waals surface area (Å²) in [5, 5.41) is 6.06. The van der Waals surface area contributed by atoms with E-state index in [1.54, 1.807) is 12.1 Å². The number of methoxy groups -OCH3 is 1. The van der Waals surface area contributed by atoms with Crippen molar-refractivity contribution in [3.8, 4) is 0 Å². The number of esters is 1. The van der Waals surface area contributed by atoms with Crippen LogP contribution in [0.4, 0.5) is 0 Å². The molecule has 2 unspecified atom stereocenters. The maximum atomic E-state index is 12.5. The summed E-state index contributed by atoms with van der Waals surface area (Å²) in [7, 11) is 1.32. The highest BCUT2D eigenvalue weighted by Crippen LogP contribution is 2.21. The Kier molecular flexibility index (Phi) is 4.96. The van der Waals surface area contributed by atoms with E-state index in [0.29, 0.717) is 0 Å². The van der Waals surface area contributed by atoms with Gasteiger partial charge in [0.2, 0.25) is 5.91 Å². The van der Waals surface area contributed by atoms with Crippen LogP contribution < -0.4 is 10.6 Å². The summed E-state index contributed by atoms with van der Waals surface area (Å²) in [6.07, 6.45) is 2.84. The Bertz CT molecular complexity index is 496. The van der Waals surface area contributed by atoms with Gasteiger partial charge in [-0.2, -0.15) is 0 Å². The smallest absolute Gasteiger partial charge is 0.333 e. The van der Waals surface area contributed by atoms with Crippen LogP contribution in [0.1, 0.15) is 37.8 Å². The molecule has 1 aromatic carbocycles. The second kappa shape index (κ2) is 6.72. The lowest BCUT2D eigenvalue weighted by atomic mass is 9.89. The average molecular weight is 290 g/mol. The molecule has 1 fully saturated rings. The predicted molar refractivity (Wildman–Crippen MR) is 79.6 cm³/mol. The Labute approximate surface area is 125 Å². The van der Waals surface area contributed by atoms with Crippen LogP contribution in [0.5, 0.6) is 0 Å². The lowest BCUT2D eigenvalue weighted by Gasteiger charge is -2.34. The van der Waals surface area contributed by atoms with Gasteiger partial charge in [-0.3, -0.25) is 4.79 Å². The van der Waals surface area contributed by atoms with Crippen molar-refractivity contribution in [2.75, 3.05) is 13.7 Å². The highest BCUT2D eigenvalue weighted by Gasteiger charge is 2.37. The van der Waals surface area contributed by atoms with Gasteiger partial charge in [0.15, 0.2) is 6.04 Å². The number of amides is 1. The molecule has 2 atom stereocenters. The Balaban J connectivity index is 2.15. The summed E-state index contributed by atoms with van der Waals surface area (Å²) >= 11 is 0. The van der Waals surface area contributed by atoms with Gasteiger partial charge in [-0.1, -0.05) is 30.3 Å². The SMILES string of the molecule is COC(=O)C(NC(=O)C1(C)CCCCN1)c1ccccc1. The number of benzene rings is 1. The van der Waals surface area contributed by atoms with Crippen LogP contribution in [0.15, 0.2) is 30.3 Å². The molecular weight excluding hydrogens is 268 g/mol. The van der Waals surface area contributed by atoms with Crippen LogP contribution in [-0.2, 0) is 14.3 Å². The van der Waals surface area contributed by atoms with E-state index in [1.165, 1.54) is 7.11 Å².